The Labute approximate surface area is 115 Å². The van der Waals surface area contributed by atoms with E-state index in [0.29, 0.717) is 18.1 Å². The molecule has 0 saturated carbocycles. The third-order valence-electron chi connectivity index (χ3n) is 3.98. The van der Waals surface area contributed by atoms with Crippen LogP contribution >= 0.6 is 11.3 Å². The molecule has 0 spiro atoms. The molecule has 3 unspecified atom stereocenters. The third-order valence-corrected chi connectivity index (χ3v) is 4.95. The number of likely N-dealkylation sites (tertiary alicyclic amines) is 1. The number of hydrogen-bond donors (Lipinski definition) is 1. The summed E-state index contributed by atoms with van der Waals surface area (Å²) < 4.78 is 0. The van der Waals surface area contributed by atoms with Gasteiger partial charge in [0.25, 0.3) is 0 Å². The Morgan fingerprint density at radius 3 is 2.83 bits per heavy atom. The maximum atomic E-state index is 3.74. The summed E-state index contributed by atoms with van der Waals surface area (Å²) in [5.41, 5.74) is 0. The molecule has 0 bridgehead atoms. The first kappa shape index (κ1) is 14.0. The van der Waals surface area contributed by atoms with Crippen LogP contribution in [0, 0.1) is 0 Å². The number of thiophene rings is 1. The molecule has 1 aliphatic rings. The first-order valence-corrected chi connectivity index (χ1v) is 7.59. The van der Waals surface area contributed by atoms with E-state index >= 15 is 0 Å². The standard InChI is InChI=1S/C14H25N3S/c1-11-8-12(10-17(11)4)15-9-13(16(2)3)14-6-5-7-18-14/h5-7,11-13,15H,8-10H2,1-4H3. The minimum atomic E-state index is 0.492. The molecule has 3 atom stereocenters. The van der Waals surface area contributed by atoms with Crippen molar-refractivity contribution in [1.82, 2.24) is 15.1 Å². The van der Waals surface area contributed by atoms with E-state index in [0.717, 1.165) is 6.54 Å². The lowest BCUT2D eigenvalue weighted by Crippen LogP contribution is -2.38. The Morgan fingerprint density at radius 1 is 1.56 bits per heavy atom. The van der Waals surface area contributed by atoms with Crippen LogP contribution in [-0.4, -0.2) is 56.1 Å². The Morgan fingerprint density at radius 2 is 2.33 bits per heavy atom. The van der Waals surface area contributed by atoms with Crippen molar-refractivity contribution in [3.8, 4) is 0 Å². The molecule has 102 valence electrons. The zero-order valence-corrected chi connectivity index (χ0v) is 12.7. The molecule has 18 heavy (non-hydrogen) atoms. The molecule has 1 aromatic heterocycles. The van der Waals surface area contributed by atoms with Gasteiger partial charge in [-0.25, -0.2) is 0 Å². The molecule has 1 N–H and O–H groups in total. The van der Waals surface area contributed by atoms with Gasteiger partial charge in [0, 0.05) is 30.1 Å². The zero-order valence-electron chi connectivity index (χ0n) is 11.9. The van der Waals surface area contributed by atoms with Crippen LogP contribution in [0.15, 0.2) is 17.5 Å². The topological polar surface area (TPSA) is 18.5 Å². The largest absolute Gasteiger partial charge is 0.311 e. The normalized spacial score (nSPS) is 26.9. The van der Waals surface area contributed by atoms with E-state index in [9.17, 15) is 0 Å². The van der Waals surface area contributed by atoms with Crippen molar-refractivity contribution in [1.29, 1.82) is 0 Å². The summed E-state index contributed by atoms with van der Waals surface area (Å²) >= 11 is 1.85. The molecule has 1 fully saturated rings. The van der Waals surface area contributed by atoms with E-state index in [1.54, 1.807) is 0 Å². The second-order valence-corrected chi connectivity index (χ2v) is 6.60. The first-order valence-electron chi connectivity index (χ1n) is 6.71. The molecule has 0 radical (unpaired) electrons. The second-order valence-electron chi connectivity index (χ2n) is 5.62. The van der Waals surface area contributed by atoms with E-state index in [-0.39, 0.29) is 0 Å². The van der Waals surface area contributed by atoms with E-state index in [1.807, 2.05) is 11.3 Å². The predicted molar refractivity (Wildman–Crippen MR) is 79.2 cm³/mol. The number of nitrogens with zero attached hydrogens (tertiary/aromatic N) is 2. The van der Waals surface area contributed by atoms with Gasteiger partial charge in [-0.15, -0.1) is 11.3 Å². The van der Waals surface area contributed by atoms with E-state index in [4.69, 9.17) is 0 Å². The van der Waals surface area contributed by atoms with Crippen molar-refractivity contribution in [3.63, 3.8) is 0 Å². The predicted octanol–water partition coefficient (Wildman–Crippen LogP) is 2.03. The summed E-state index contributed by atoms with van der Waals surface area (Å²) in [6.07, 6.45) is 1.26. The summed E-state index contributed by atoms with van der Waals surface area (Å²) in [5.74, 6) is 0. The molecule has 2 heterocycles. The molecular weight excluding hydrogens is 242 g/mol. The molecule has 3 nitrogen and oxygen atoms in total. The van der Waals surface area contributed by atoms with E-state index < -0.39 is 0 Å². The van der Waals surface area contributed by atoms with Crippen molar-refractivity contribution in [2.24, 2.45) is 0 Å². The molecule has 0 amide bonds. The molecule has 4 heteroatoms. The van der Waals surface area contributed by atoms with Gasteiger partial charge in [0.2, 0.25) is 0 Å². The van der Waals surface area contributed by atoms with E-state index in [1.165, 1.54) is 17.8 Å². The van der Waals surface area contributed by atoms with Crippen molar-refractivity contribution in [2.45, 2.75) is 31.5 Å². The molecule has 1 aliphatic heterocycles. The summed E-state index contributed by atoms with van der Waals surface area (Å²) in [6.45, 7) is 4.52. The number of nitrogens with one attached hydrogen (secondary N) is 1. The van der Waals surface area contributed by atoms with Crippen LogP contribution in [0.2, 0.25) is 0 Å². The highest BCUT2D eigenvalue weighted by Gasteiger charge is 2.26. The Balaban J connectivity index is 1.87. The lowest BCUT2D eigenvalue weighted by Gasteiger charge is -2.25. The van der Waals surface area contributed by atoms with Gasteiger partial charge < -0.3 is 15.1 Å². The number of likely N-dealkylation sites (N-methyl/N-ethyl adjacent to an activating group) is 2. The maximum absolute atomic E-state index is 3.74. The lowest BCUT2D eigenvalue weighted by atomic mass is 10.1. The highest BCUT2D eigenvalue weighted by Crippen LogP contribution is 2.23. The van der Waals surface area contributed by atoms with Crippen LogP contribution in [0.25, 0.3) is 0 Å². The molecule has 0 aromatic carbocycles. The highest BCUT2D eigenvalue weighted by molar-refractivity contribution is 7.10. The van der Waals surface area contributed by atoms with Crippen molar-refractivity contribution in [3.05, 3.63) is 22.4 Å². The minimum Gasteiger partial charge on any atom is -0.311 e. The zero-order chi connectivity index (χ0) is 13.1. The molecule has 1 aromatic rings. The van der Waals surface area contributed by atoms with Crippen LogP contribution < -0.4 is 5.32 Å². The number of rotatable bonds is 5. The van der Waals surface area contributed by atoms with Gasteiger partial charge >= 0.3 is 0 Å². The fourth-order valence-corrected chi connectivity index (χ4v) is 3.56. The first-order chi connectivity index (χ1) is 8.58. The molecule has 1 saturated heterocycles. The molecule has 2 rings (SSSR count). The fraction of sp³-hybridized carbons (Fsp3) is 0.714. The Bertz CT molecular complexity index is 340. The lowest BCUT2D eigenvalue weighted by molar-refractivity contribution is 0.281. The van der Waals surface area contributed by atoms with Crippen molar-refractivity contribution in [2.75, 3.05) is 34.2 Å². The van der Waals surface area contributed by atoms with Crippen LogP contribution in [0.4, 0.5) is 0 Å². The van der Waals surface area contributed by atoms with Gasteiger partial charge in [-0.05, 0) is 45.9 Å². The summed E-state index contributed by atoms with van der Waals surface area (Å²) in [7, 11) is 6.54. The van der Waals surface area contributed by atoms with Crippen LogP contribution in [0.1, 0.15) is 24.3 Å². The second kappa shape index (κ2) is 6.15. The summed E-state index contributed by atoms with van der Waals surface area (Å²) in [6, 6.07) is 6.23. The van der Waals surface area contributed by atoms with Gasteiger partial charge in [-0.3, -0.25) is 0 Å². The van der Waals surface area contributed by atoms with Gasteiger partial charge in [-0.2, -0.15) is 0 Å². The number of hydrogen-bond acceptors (Lipinski definition) is 4. The van der Waals surface area contributed by atoms with Crippen molar-refractivity contribution >= 4 is 11.3 Å². The summed E-state index contributed by atoms with van der Waals surface area (Å²) in [4.78, 5) is 6.20. The van der Waals surface area contributed by atoms with Gasteiger partial charge in [0.15, 0.2) is 0 Å². The average Bonchev–Trinajstić information content (AvgIpc) is 2.90. The quantitative estimate of drug-likeness (QED) is 0.881. The van der Waals surface area contributed by atoms with Gasteiger partial charge in [0.05, 0.1) is 6.04 Å². The van der Waals surface area contributed by atoms with Crippen LogP contribution in [-0.2, 0) is 0 Å². The summed E-state index contributed by atoms with van der Waals surface area (Å²) in [5, 5.41) is 5.90. The SMILES string of the molecule is CC1CC(NCC(c2cccs2)N(C)C)CN1C. The fourth-order valence-electron chi connectivity index (χ4n) is 2.64. The monoisotopic (exact) mass is 267 g/mol. The average molecular weight is 267 g/mol. The third kappa shape index (κ3) is 3.32. The maximum Gasteiger partial charge on any atom is 0.0561 e. The minimum absolute atomic E-state index is 0.492. The highest BCUT2D eigenvalue weighted by atomic mass is 32.1. The molecule has 0 aliphatic carbocycles. The van der Waals surface area contributed by atoms with Gasteiger partial charge in [0.1, 0.15) is 0 Å². The van der Waals surface area contributed by atoms with Gasteiger partial charge in [-0.1, -0.05) is 6.07 Å². The smallest absolute Gasteiger partial charge is 0.0561 e. The van der Waals surface area contributed by atoms with Crippen LogP contribution in [0.5, 0.6) is 0 Å². The van der Waals surface area contributed by atoms with E-state index in [2.05, 4.69) is 60.7 Å². The van der Waals surface area contributed by atoms with Crippen molar-refractivity contribution < 1.29 is 0 Å². The van der Waals surface area contributed by atoms with Crippen LogP contribution in [0.3, 0.4) is 0 Å². The molecular formula is C14H25N3S. The Hall–Kier alpha value is -0.420. The Kier molecular flexibility index (Phi) is 4.78.